The Labute approximate surface area is 132 Å². The van der Waals surface area contributed by atoms with Crippen LogP contribution in [0.4, 0.5) is 0 Å². The number of nitrogens with two attached hydrogens (primary N) is 1. The average molecular weight is 337 g/mol. The van der Waals surface area contributed by atoms with Crippen molar-refractivity contribution in [1.82, 2.24) is 20.0 Å². The van der Waals surface area contributed by atoms with Gasteiger partial charge in [-0.25, -0.2) is 5.14 Å². The van der Waals surface area contributed by atoms with Crippen LogP contribution in [0.3, 0.4) is 0 Å². The van der Waals surface area contributed by atoms with Gasteiger partial charge >= 0.3 is 0 Å². The van der Waals surface area contributed by atoms with Crippen LogP contribution < -0.4 is 15.5 Å². The van der Waals surface area contributed by atoms with Crippen molar-refractivity contribution in [2.45, 2.75) is 20.0 Å². The minimum atomic E-state index is -3.78. The van der Waals surface area contributed by atoms with Crippen molar-refractivity contribution in [2.75, 3.05) is 0 Å². The Morgan fingerprint density at radius 3 is 2.83 bits per heavy atom. The molecule has 1 amide bonds. The third-order valence-corrected chi connectivity index (χ3v) is 4.41. The van der Waals surface area contributed by atoms with Crippen LogP contribution in [-0.2, 0) is 28.1 Å². The quantitative estimate of drug-likeness (QED) is 0.677. The average Bonchev–Trinajstić information content (AvgIpc) is 3.05. The van der Waals surface area contributed by atoms with Crippen LogP contribution in [-0.4, -0.2) is 28.8 Å². The van der Waals surface area contributed by atoms with E-state index in [0.717, 1.165) is 9.87 Å². The first-order chi connectivity index (χ1) is 10.9. The Morgan fingerprint density at radius 1 is 1.39 bits per heavy atom. The summed E-state index contributed by atoms with van der Waals surface area (Å²) in [4.78, 5) is 16.3. The fourth-order valence-corrected chi connectivity index (χ4v) is 3.01. The van der Waals surface area contributed by atoms with E-state index < -0.39 is 10.2 Å². The molecule has 23 heavy (non-hydrogen) atoms. The number of nitrogens with one attached hydrogen (secondary N) is 2. The van der Waals surface area contributed by atoms with Crippen LogP contribution >= 0.6 is 0 Å². The maximum atomic E-state index is 11.5. The molecule has 0 aliphatic carbocycles. The summed E-state index contributed by atoms with van der Waals surface area (Å²) in [6.07, 6.45) is 0. The highest BCUT2D eigenvalue weighted by atomic mass is 32.2. The standard InChI is InChI=1S/C13H15N5O4S/c1-8(19)17-22-12-5-3-2-4-9(12)13-10-6-18(23(14,20)21)7-11(10)15-16-13/h2-5H,6-7H2,1H3,(H,15,16)(H,17,19)(H2,14,20,21). The van der Waals surface area contributed by atoms with Crippen LogP contribution in [0, 0.1) is 0 Å². The van der Waals surface area contributed by atoms with E-state index in [9.17, 15) is 13.2 Å². The zero-order chi connectivity index (χ0) is 16.6. The van der Waals surface area contributed by atoms with E-state index in [1.165, 1.54) is 6.92 Å². The Morgan fingerprint density at radius 2 is 2.13 bits per heavy atom. The van der Waals surface area contributed by atoms with E-state index in [0.29, 0.717) is 22.7 Å². The van der Waals surface area contributed by atoms with Gasteiger partial charge in [-0.2, -0.15) is 23.3 Å². The van der Waals surface area contributed by atoms with Gasteiger partial charge in [0.15, 0.2) is 5.75 Å². The first-order valence-corrected chi connectivity index (χ1v) is 8.23. The fraction of sp³-hybridized carbons (Fsp3) is 0.231. The molecule has 1 aromatic carbocycles. The van der Waals surface area contributed by atoms with Gasteiger partial charge in [-0.3, -0.25) is 9.89 Å². The van der Waals surface area contributed by atoms with E-state index >= 15 is 0 Å². The number of aromatic nitrogens is 2. The molecule has 0 fully saturated rings. The van der Waals surface area contributed by atoms with E-state index in [1.807, 2.05) is 0 Å². The first kappa shape index (κ1) is 15.5. The Balaban J connectivity index is 1.96. The minimum absolute atomic E-state index is 0.124. The van der Waals surface area contributed by atoms with Crippen molar-refractivity contribution in [1.29, 1.82) is 0 Å². The molecule has 9 nitrogen and oxygen atoms in total. The van der Waals surface area contributed by atoms with Crippen molar-refractivity contribution < 1.29 is 18.0 Å². The molecular formula is C13H15N5O4S. The fourth-order valence-electron chi connectivity index (χ4n) is 2.39. The number of carbonyl (C=O) groups excluding carboxylic acids is 1. The second-order valence-corrected chi connectivity index (χ2v) is 6.64. The minimum Gasteiger partial charge on any atom is -0.379 e. The molecule has 0 saturated carbocycles. The number of hydroxylamine groups is 1. The summed E-state index contributed by atoms with van der Waals surface area (Å²) in [5.41, 5.74) is 4.90. The first-order valence-electron chi connectivity index (χ1n) is 6.73. The van der Waals surface area contributed by atoms with Gasteiger partial charge in [0.1, 0.15) is 0 Å². The van der Waals surface area contributed by atoms with Crippen LogP contribution in [0.5, 0.6) is 5.75 Å². The normalized spacial score (nSPS) is 14.5. The zero-order valence-corrected chi connectivity index (χ0v) is 13.1. The largest absolute Gasteiger partial charge is 0.379 e. The van der Waals surface area contributed by atoms with Crippen LogP contribution in [0.1, 0.15) is 18.2 Å². The number of nitrogens with zero attached hydrogens (tertiary/aromatic N) is 2. The van der Waals surface area contributed by atoms with Gasteiger partial charge in [0.25, 0.3) is 10.2 Å². The van der Waals surface area contributed by atoms with Crippen molar-refractivity contribution in [3.05, 3.63) is 35.5 Å². The number of rotatable bonds is 4. The molecule has 1 aliphatic rings. The van der Waals surface area contributed by atoms with Crippen molar-refractivity contribution in [3.63, 3.8) is 0 Å². The number of aromatic amines is 1. The maximum Gasteiger partial charge on any atom is 0.277 e. The summed E-state index contributed by atoms with van der Waals surface area (Å²) in [5, 5.41) is 12.2. The summed E-state index contributed by atoms with van der Waals surface area (Å²) in [5.74, 6) is 0.0817. The van der Waals surface area contributed by atoms with Crippen LogP contribution in [0.25, 0.3) is 11.3 Å². The van der Waals surface area contributed by atoms with Crippen LogP contribution in [0.15, 0.2) is 24.3 Å². The highest BCUT2D eigenvalue weighted by Crippen LogP contribution is 2.35. The lowest BCUT2D eigenvalue weighted by molar-refractivity contribution is -0.125. The maximum absolute atomic E-state index is 11.5. The Bertz CT molecular complexity index is 861. The van der Waals surface area contributed by atoms with E-state index in [1.54, 1.807) is 24.3 Å². The SMILES string of the molecule is CC(=O)NOc1ccccc1-c1[nH]nc2c1CN(S(N)(=O)=O)C2. The number of hydrogen-bond donors (Lipinski definition) is 3. The summed E-state index contributed by atoms with van der Waals surface area (Å²) < 4.78 is 24.1. The molecule has 2 aromatic rings. The molecule has 10 heteroatoms. The molecule has 0 radical (unpaired) electrons. The lowest BCUT2D eigenvalue weighted by atomic mass is 10.1. The molecule has 3 rings (SSSR count). The van der Waals surface area contributed by atoms with Gasteiger partial charge in [-0.15, -0.1) is 0 Å². The highest BCUT2D eigenvalue weighted by molar-refractivity contribution is 7.86. The number of benzene rings is 1. The van der Waals surface area contributed by atoms with Gasteiger partial charge < -0.3 is 4.84 Å². The van der Waals surface area contributed by atoms with Crippen molar-refractivity contribution in [2.24, 2.45) is 5.14 Å². The van der Waals surface area contributed by atoms with Gasteiger partial charge in [0, 0.05) is 24.6 Å². The molecule has 0 spiro atoms. The molecule has 0 atom stereocenters. The molecular weight excluding hydrogens is 322 g/mol. The highest BCUT2D eigenvalue weighted by Gasteiger charge is 2.31. The molecule has 122 valence electrons. The summed E-state index contributed by atoms with van der Waals surface area (Å²) >= 11 is 0. The summed E-state index contributed by atoms with van der Waals surface area (Å²) in [6, 6.07) is 7.03. The molecule has 1 aromatic heterocycles. The lowest BCUT2D eigenvalue weighted by Gasteiger charge is -2.12. The van der Waals surface area contributed by atoms with E-state index in [4.69, 9.17) is 9.98 Å². The molecule has 0 saturated heterocycles. The Kier molecular flexibility index (Phi) is 3.80. The predicted molar refractivity (Wildman–Crippen MR) is 80.8 cm³/mol. The van der Waals surface area contributed by atoms with Crippen LogP contribution in [0.2, 0.25) is 0 Å². The number of hydrogen-bond acceptors (Lipinski definition) is 5. The number of H-pyrrole nitrogens is 1. The number of fused-ring (bicyclic) bond motifs is 1. The predicted octanol–water partition coefficient (Wildman–Crippen LogP) is 0.0257. The number of para-hydroxylation sites is 1. The van der Waals surface area contributed by atoms with Gasteiger partial charge in [-0.05, 0) is 12.1 Å². The molecule has 2 heterocycles. The van der Waals surface area contributed by atoms with E-state index in [2.05, 4.69) is 15.7 Å². The van der Waals surface area contributed by atoms with E-state index in [-0.39, 0.29) is 19.0 Å². The van der Waals surface area contributed by atoms with Gasteiger partial charge in [0.05, 0.1) is 17.9 Å². The second kappa shape index (κ2) is 5.65. The molecule has 0 bridgehead atoms. The van der Waals surface area contributed by atoms with Crippen molar-refractivity contribution in [3.8, 4) is 17.0 Å². The number of carbonyl (C=O) groups is 1. The third-order valence-electron chi connectivity index (χ3n) is 3.43. The molecule has 1 aliphatic heterocycles. The smallest absolute Gasteiger partial charge is 0.277 e. The molecule has 0 unspecified atom stereocenters. The Hall–Kier alpha value is -2.43. The monoisotopic (exact) mass is 337 g/mol. The third kappa shape index (κ3) is 3.04. The van der Waals surface area contributed by atoms with Crippen molar-refractivity contribution >= 4 is 16.1 Å². The second-order valence-electron chi connectivity index (χ2n) is 5.09. The van der Waals surface area contributed by atoms with Gasteiger partial charge in [0.2, 0.25) is 5.91 Å². The summed E-state index contributed by atoms with van der Waals surface area (Å²) in [7, 11) is -3.78. The summed E-state index contributed by atoms with van der Waals surface area (Å²) in [6.45, 7) is 1.59. The number of amides is 1. The zero-order valence-electron chi connectivity index (χ0n) is 12.2. The lowest BCUT2D eigenvalue weighted by Crippen LogP contribution is -2.32. The topological polar surface area (TPSA) is 130 Å². The van der Waals surface area contributed by atoms with Gasteiger partial charge in [-0.1, -0.05) is 12.1 Å². The molecule has 4 N–H and O–H groups in total.